The predicted molar refractivity (Wildman–Crippen MR) is 85.8 cm³/mol. The van der Waals surface area contributed by atoms with Crippen molar-refractivity contribution in [2.75, 3.05) is 5.32 Å². The van der Waals surface area contributed by atoms with Crippen molar-refractivity contribution in [1.29, 1.82) is 0 Å². The molecule has 2 heterocycles. The Morgan fingerprint density at radius 1 is 1.45 bits per heavy atom. The molecular weight excluding hydrogens is 322 g/mol. The van der Waals surface area contributed by atoms with Crippen LogP contribution in [0.15, 0.2) is 37.1 Å². The Bertz CT molecular complexity index is 799. The molecule has 0 aliphatic heterocycles. The standard InChI is InChI=1S/C14H12ClN5OS/c1-2-12-17-6-11(22-12)14(21)19-10-5-3-4-9(15)13(10)20-8-16-7-18-20/h3-8H,2H2,1H3,(H,19,21). The number of thiazole rings is 1. The molecule has 0 saturated heterocycles. The molecule has 6 nitrogen and oxygen atoms in total. The lowest BCUT2D eigenvalue weighted by atomic mass is 10.2. The summed E-state index contributed by atoms with van der Waals surface area (Å²) in [4.78, 5) is 21.0. The molecule has 0 spiro atoms. The van der Waals surface area contributed by atoms with Crippen molar-refractivity contribution in [1.82, 2.24) is 19.7 Å². The van der Waals surface area contributed by atoms with Crippen molar-refractivity contribution < 1.29 is 4.79 Å². The number of amides is 1. The van der Waals surface area contributed by atoms with E-state index >= 15 is 0 Å². The predicted octanol–water partition coefficient (Wildman–Crippen LogP) is 3.19. The summed E-state index contributed by atoms with van der Waals surface area (Å²) in [6, 6.07) is 5.27. The maximum atomic E-state index is 12.3. The molecule has 1 N–H and O–H groups in total. The van der Waals surface area contributed by atoms with E-state index in [-0.39, 0.29) is 5.91 Å². The van der Waals surface area contributed by atoms with Crippen LogP contribution in [0.4, 0.5) is 5.69 Å². The zero-order valence-electron chi connectivity index (χ0n) is 11.7. The van der Waals surface area contributed by atoms with E-state index in [1.165, 1.54) is 28.7 Å². The highest BCUT2D eigenvalue weighted by Gasteiger charge is 2.15. The Morgan fingerprint density at radius 2 is 2.32 bits per heavy atom. The van der Waals surface area contributed by atoms with E-state index in [0.717, 1.165) is 11.4 Å². The number of nitrogens with one attached hydrogen (secondary N) is 1. The first kappa shape index (κ1) is 14.7. The number of carbonyl (C=O) groups excluding carboxylic acids is 1. The molecule has 1 aromatic carbocycles. The van der Waals surface area contributed by atoms with Gasteiger partial charge in [0.2, 0.25) is 0 Å². The molecule has 0 saturated carbocycles. The minimum Gasteiger partial charge on any atom is -0.319 e. The van der Waals surface area contributed by atoms with Gasteiger partial charge in [0.1, 0.15) is 23.2 Å². The van der Waals surface area contributed by atoms with Crippen LogP contribution in [0.25, 0.3) is 5.69 Å². The number of aryl methyl sites for hydroxylation is 1. The summed E-state index contributed by atoms with van der Waals surface area (Å²) >= 11 is 7.60. The lowest BCUT2D eigenvalue weighted by Gasteiger charge is -2.11. The first-order valence-corrected chi connectivity index (χ1v) is 7.78. The van der Waals surface area contributed by atoms with Gasteiger partial charge in [0.05, 0.1) is 21.9 Å². The number of halogens is 1. The van der Waals surface area contributed by atoms with Crippen LogP contribution in [0, 0.1) is 0 Å². The molecule has 0 aliphatic rings. The molecule has 8 heteroatoms. The number of aromatic nitrogens is 4. The Morgan fingerprint density at radius 3 is 3.00 bits per heavy atom. The molecule has 0 aliphatic carbocycles. The van der Waals surface area contributed by atoms with Crippen LogP contribution in [0.1, 0.15) is 21.6 Å². The zero-order chi connectivity index (χ0) is 15.5. The third-order valence-corrected chi connectivity index (χ3v) is 4.41. The van der Waals surface area contributed by atoms with Gasteiger partial charge in [0.25, 0.3) is 5.91 Å². The minimum absolute atomic E-state index is 0.221. The molecule has 0 atom stereocenters. The van der Waals surface area contributed by atoms with Crippen molar-refractivity contribution in [3.8, 4) is 5.69 Å². The Balaban J connectivity index is 1.92. The first-order chi connectivity index (χ1) is 10.7. The van der Waals surface area contributed by atoms with Crippen LogP contribution in [0.2, 0.25) is 5.02 Å². The summed E-state index contributed by atoms with van der Waals surface area (Å²) in [6.07, 6.45) is 5.32. The maximum absolute atomic E-state index is 12.3. The Labute approximate surface area is 135 Å². The van der Waals surface area contributed by atoms with E-state index < -0.39 is 0 Å². The second-order valence-corrected chi connectivity index (χ2v) is 5.92. The Kier molecular flexibility index (Phi) is 4.17. The molecule has 1 amide bonds. The van der Waals surface area contributed by atoms with E-state index in [2.05, 4.69) is 20.4 Å². The molecule has 3 aromatic rings. The number of nitrogens with zero attached hydrogens (tertiary/aromatic N) is 4. The largest absolute Gasteiger partial charge is 0.319 e. The average molecular weight is 334 g/mol. The van der Waals surface area contributed by atoms with Crippen LogP contribution in [0.5, 0.6) is 0 Å². The minimum atomic E-state index is -0.221. The van der Waals surface area contributed by atoms with Gasteiger partial charge in [0, 0.05) is 0 Å². The van der Waals surface area contributed by atoms with Crippen molar-refractivity contribution in [3.63, 3.8) is 0 Å². The molecule has 0 unspecified atom stereocenters. The zero-order valence-corrected chi connectivity index (χ0v) is 13.2. The highest BCUT2D eigenvalue weighted by molar-refractivity contribution is 7.13. The molecule has 22 heavy (non-hydrogen) atoms. The normalized spacial score (nSPS) is 10.6. The van der Waals surface area contributed by atoms with E-state index in [4.69, 9.17) is 11.6 Å². The van der Waals surface area contributed by atoms with Crippen molar-refractivity contribution in [2.24, 2.45) is 0 Å². The highest BCUT2D eigenvalue weighted by atomic mass is 35.5. The van der Waals surface area contributed by atoms with Gasteiger partial charge in [-0.3, -0.25) is 4.79 Å². The molecule has 112 valence electrons. The summed E-state index contributed by atoms with van der Waals surface area (Å²) in [5.74, 6) is -0.221. The van der Waals surface area contributed by atoms with Gasteiger partial charge in [-0.05, 0) is 18.6 Å². The topological polar surface area (TPSA) is 72.7 Å². The number of benzene rings is 1. The van der Waals surface area contributed by atoms with Gasteiger partial charge >= 0.3 is 0 Å². The lowest BCUT2D eigenvalue weighted by Crippen LogP contribution is -2.13. The van der Waals surface area contributed by atoms with Gasteiger partial charge in [-0.2, -0.15) is 5.10 Å². The van der Waals surface area contributed by atoms with E-state index in [1.54, 1.807) is 24.4 Å². The number of hydrogen-bond acceptors (Lipinski definition) is 5. The number of para-hydroxylation sites is 1. The van der Waals surface area contributed by atoms with Gasteiger partial charge in [-0.25, -0.2) is 14.6 Å². The number of anilines is 1. The molecule has 0 fully saturated rings. The second-order valence-electron chi connectivity index (χ2n) is 4.40. The fourth-order valence-electron chi connectivity index (χ4n) is 1.94. The summed E-state index contributed by atoms with van der Waals surface area (Å²) in [5.41, 5.74) is 1.14. The van der Waals surface area contributed by atoms with Crippen LogP contribution in [-0.4, -0.2) is 25.7 Å². The van der Waals surface area contributed by atoms with Gasteiger partial charge in [-0.15, -0.1) is 11.3 Å². The number of rotatable bonds is 4. The summed E-state index contributed by atoms with van der Waals surface area (Å²) in [5, 5.41) is 8.32. The maximum Gasteiger partial charge on any atom is 0.267 e. The fourth-order valence-corrected chi connectivity index (χ4v) is 2.95. The molecule has 2 aromatic heterocycles. The first-order valence-electron chi connectivity index (χ1n) is 6.58. The molecular formula is C14H12ClN5OS. The second kappa shape index (κ2) is 6.25. The van der Waals surface area contributed by atoms with Crippen LogP contribution >= 0.6 is 22.9 Å². The van der Waals surface area contributed by atoms with Crippen LogP contribution in [-0.2, 0) is 6.42 Å². The summed E-state index contributed by atoms with van der Waals surface area (Å²) < 4.78 is 1.52. The van der Waals surface area contributed by atoms with Crippen molar-refractivity contribution in [3.05, 3.63) is 52.0 Å². The number of carbonyl (C=O) groups is 1. The van der Waals surface area contributed by atoms with Crippen LogP contribution < -0.4 is 5.32 Å². The SMILES string of the molecule is CCc1ncc(C(=O)Nc2cccc(Cl)c2-n2cncn2)s1. The summed E-state index contributed by atoms with van der Waals surface area (Å²) in [7, 11) is 0. The van der Waals surface area contributed by atoms with E-state index in [1.807, 2.05) is 6.92 Å². The molecule has 0 bridgehead atoms. The molecule has 0 radical (unpaired) electrons. The number of hydrogen-bond donors (Lipinski definition) is 1. The van der Waals surface area contributed by atoms with Crippen LogP contribution in [0.3, 0.4) is 0 Å². The lowest BCUT2D eigenvalue weighted by molar-refractivity contribution is 0.103. The van der Waals surface area contributed by atoms with E-state index in [9.17, 15) is 4.79 Å². The van der Waals surface area contributed by atoms with Gasteiger partial charge < -0.3 is 5.32 Å². The molecule has 3 rings (SSSR count). The third-order valence-electron chi connectivity index (χ3n) is 2.96. The Hall–Kier alpha value is -2.25. The quantitative estimate of drug-likeness (QED) is 0.795. The average Bonchev–Trinajstić information content (AvgIpc) is 3.19. The third kappa shape index (κ3) is 2.86. The summed E-state index contributed by atoms with van der Waals surface area (Å²) in [6.45, 7) is 2.00. The van der Waals surface area contributed by atoms with E-state index in [0.29, 0.717) is 21.3 Å². The monoisotopic (exact) mass is 333 g/mol. The van der Waals surface area contributed by atoms with Gasteiger partial charge in [-0.1, -0.05) is 24.6 Å². The van der Waals surface area contributed by atoms with Crippen molar-refractivity contribution in [2.45, 2.75) is 13.3 Å². The van der Waals surface area contributed by atoms with Crippen molar-refractivity contribution >= 4 is 34.5 Å². The smallest absolute Gasteiger partial charge is 0.267 e. The fraction of sp³-hybridized carbons (Fsp3) is 0.143. The van der Waals surface area contributed by atoms with Gasteiger partial charge in [0.15, 0.2) is 0 Å². The highest BCUT2D eigenvalue weighted by Crippen LogP contribution is 2.28.